The smallest absolute Gasteiger partial charge is 0.416 e. The lowest BCUT2D eigenvalue weighted by Crippen LogP contribution is -2.17. The second-order valence-corrected chi connectivity index (χ2v) is 6.73. The van der Waals surface area contributed by atoms with Gasteiger partial charge in [-0.25, -0.2) is 4.72 Å². The fourth-order valence-electron chi connectivity index (χ4n) is 2.90. The fourth-order valence-corrected chi connectivity index (χ4v) is 3.19. The van der Waals surface area contributed by atoms with Gasteiger partial charge in [0.05, 0.1) is 5.56 Å². The van der Waals surface area contributed by atoms with Gasteiger partial charge in [-0.3, -0.25) is 9.00 Å². The largest absolute Gasteiger partial charge is 0.760 e. The van der Waals surface area contributed by atoms with Crippen LogP contribution in [0.2, 0.25) is 0 Å². The molecule has 0 aliphatic heterocycles. The van der Waals surface area contributed by atoms with Crippen molar-refractivity contribution in [1.29, 1.82) is 0 Å². The summed E-state index contributed by atoms with van der Waals surface area (Å²) < 4.78 is 64.7. The van der Waals surface area contributed by atoms with Crippen molar-refractivity contribution in [3.8, 4) is 11.1 Å². The highest BCUT2D eigenvalue weighted by Crippen LogP contribution is 2.35. The summed E-state index contributed by atoms with van der Waals surface area (Å²) >= 11 is -2.60. The maximum Gasteiger partial charge on any atom is 0.416 e. The first kappa shape index (κ1) is 19.3. The topological polar surface area (TPSA) is 74.2 Å². The number of aryl methyl sites for hydroxylation is 1. The van der Waals surface area contributed by atoms with E-state index in [0.717, 1.165) is 12.1 Å². The summed E-state index contributed by atoms with van der Waals surface area (Å²) in [6.45, 7) is -0.281. The molecule has 27 heavy (non-hydrogen) atoms. The number of alkyl halides is 3. The highest BCUT2D eigenvalue weighted by atomic mass is 32.2. The zero-order chi connectivity index (χ0) is 19.8. The third kappa shape index (κ3) is 4.10. The molecule has 0 amide bonds. The Kier molecular flexibility index (Phi) is 5.18. The number of rotatable bonds is 4. The molecule has 9 heteroatoms. The van der Waals surface area contributed by atoms with Gasteiger partial charge in [-0.05, 0) is 40.8 Å². The van der Waals surface area contributed by atoms with E-state index in [-0.39, 0.29) is 23.2 Å². The van der Waals surface area contributed by atoms with Crippen LogP contribution in [0.25, 0.3) is 21.9 Å². The van der Waals surface area contributed by atoms with Crippen LogP contribution >= 0.6 is 0 Å². The molecule has 0 aliphatic carbocycles. The second-order valence-electron chi connectivity index (χ2n) is 5.98. The summed E-state index contributed by atoms with van der Waals surface area (Å²) in [5.41, 5.74) is -0.313. The molecule has 142 valence electrons. The summed E-state index contributed by atoms with van der Waals surface area (Å²) in [5, 5.41) is 0.904. The Morgan fingerprint density at radius 3 is 2.44 bits per heavy atom. The van der Waals surface area contributed by atoms with Gasteiger partial charge < -0.3 is 9.12 Å². The van der Waals surface area contributed by atoms with Crippen LogP contribution < -0.4 is 10.3 Å². The molecule has 2 aromatic carbocycles. The van der Waals surface area contributed by atoms with E-state index in [1.54, 1.807) is 24.3 Å². The van der Waals surface area contributed by atoms with Crippen molar-refractivity contribution in [2.45, 2.75) is 12.7 Å². The molecule has 1 aromatic heterocycles. The van der Waals surface area contributed by atoms with E-state index >= 15 is 0 Å². The monoisotopic (exact) mass is 395 g/mol. The third-order valence-electron chi connectivity index (χ3n) is 4.12. The van der Waals surface area contributed by atoms with Gasteiger partial charge in [0.1, 0.15) is 0 Å². The van der Waals surface area contributed by atoms with E-state index in [4.69, 9.17) is 0 Å². The van der Waals surface area contributed by atoms with Crippen LogP contribution in [0.3, 0.4) is 0 Å². The zero-order valence-electron chi connectivity index (χ0n) is 14.0. The predicted molar refractivity (Wildman–Crippen MR) is 95.4 cm³/mol. The Bertz CT molecular complexity index is 1090. The first-order valence-corrected chi connectivity index (χ1v) is 8.87. The van der Waals surface area contributed by atoms with Crippen molar-refractivity contribution >= 4 is 22.0 Å². The van der Waals surface area contributed by atoms with Gasteiger partial charge in [-0.1, -0.05) is 18.2 Å². The van der Waals surface area contributed by atoms with E-state index in [2.05, 4.69) is 4.72 Å². The number of fused-ring (bicyclic) bond motifs is 1. The van der Waals surface area contributed by atoms with Crippen molar-refractivity contribution in [2.75, 3.05) is 0 Å². The molecule has 0 spiro atoms. The Balaban J connectivity index is 2.26. The SMILES string of the molecule is Cn1cc(-c2cc(CNS(=O)[O-])cc(C(F)(F)F)c2)c2ccccc2c1=O. The van der Waals surface area contributed by atoms with Gasteiger partial charge in [0.25, 0.3) is 5.56 Å². The third-order valence-corrected chi connectivity index (χ3v) is 4.50. The van der Waals surface area contributed by atoms with Gasteiger partial charge in [-0.15, -0.1) is 0 Å². The molecule has 5 nitrogen and oxygen atoms in total. The summed E-state index contributed by atoms with van der Waals surface area (Å²) in [6.07, 6.45) is -3.12. The Labute approximate surface area is 154 Å². The molecule has 0 saturated heterocycles. The Hall–Kier alpha value is -2.49. The summed E-state index contributed by atoms with van der Waals surface area (Å²) in [7, 11) is 1.52. The van der Waals surface area contributed by atoms with Crippen LogP contribution in [-0.4, -0.2) is 13.3 Å². The van der Waals surface area contributed by atoms with Crippen LogP contribution in [0.5, 0.6) is 0 Å². The van der Waals surface area contributed by atoms with E-state index in [1.807, 2.05) is 0 Å². The predicted octanol–water partition coefficient (Wildman–Crippen LogP) is 3.11. The molecule has 1 atom stereocenters. The quantitative estimate of drug-likeness (QED) is 0.690. The van der Waals surface area contributed by atoms with E-state index in [0.29, 0.717) is 16.3 Å². The standard InChI is InChI=1S/C18H15F3N2O3S/c1-23-10-16(14-4-2-3-5-15(14)17(23)24)12-6-11(9-22-27(25)26)7-13(8-12)18(19,20)21/h2-8,10,22H,9H2,1H3,(H,25,26)/p-1. The van der Waals surface area contributed by atoms with Gasteiger partial charge >= 0.3 is 6.18 Å². The fraction of sp³-hybridized carbons (Fsp3) is 0.167. The molecule has 1 N–H and O–H groups in total. The van der Waals surface area contributed by atoms with Gasteiger partial charge in [0.15, 0.2) is 0 Å². The summed E-state index contributed by atoms with van der Waals surface area (Å²) in [5.74, 6) is 0. The molecular formula is C18H14F3N2O3S-. The van der Waals surface area contributed by atoms with Crippen molar-refractivity contribution in [1.82, 2.24) is 9.29 Å². The van der Waals surface area contributed by atoms with Crippen molar-refractivity contribution < 1.29 is 21.9 Å². The van der Waals surface area contributed by atoms with Gasteiger partial charge in [-0.2, -0.15) is 13.2 Å². The molecule has 1 unspecified atom stereocenters. The van der Waals surface area contributed by atoms with Crippen LogP contribution in [-0.2, 0) is 31.0 Å². The minimum absolute atomic E-state index is 0.155. The minimum Gasteiger partial charge on any atom is -0.760 e. The minimum atomic E-state index is -4.60. The number of nitrogens with zero attached hydrogens (tertiary/aromatic N) is 1. The maximum absolute atomic E-state index is 13.3. The number of benzene rings is 2. The van der Waals surface area contributed by atoms with Gasteiger partial charge in [0.2, 0.25) is 0 Å². The molecule has 0 aliphatic rings. The number of halogens is 3. The number of hydrogen-bond donors (Lipinski definition) is 1. The highest BCUT2D eigenvalue weighted by Gasteiger charge is 2.31. The van der Waals surface area contributed by atoms with Crippen LogP contribution in [0.4, 0.5) is 13.2 Å². The van der Waals surface area contributed by atoms with E-state index < -0.39 is 23.0 Å². The lowest BCUT2D eigenvalue weighted by molar-refractivity contribution is -0.137. The van der Waals surface area contributed by atoms with E-state index in [9.17, 15) is 26.7 Å². The Morgan fingerprint density at radius 2 is 1.81 bits per heavy atom. The number of pyridine rings is 1. The number of nitrogens with one attached hydrogen (secondary N) is 1. The lowest BCUT2D eigenvalue weighted by Gasteiger charge is -2.15. The first-order valence-electron chi connectivity index (χ1n) is 7.79. The van der Waals surface area contributed by atoms with Crippen molar-refractivity contribution in [3.05, 3.63) is 70.1 Å². The second kappa shape index (κ2) is 7.26. The number of hydrogen-bond acceptors (Lipinski definition) is 3. The molecule has 0 saturated carbocycles. The summed E-state index contributed by atoms with van der Waals surface area (Å²) in [4.78, 5) is 12.3. The van der Waals surface area contributed by atoms with Gasteiger partial charge in [0, 0.05) is 42.0 Å². The molecular weight excluding hydrogens is 381 g/mol. The average Bonchev–Trinajstić information content (AvgIpc) is 2.62. The number of aromatic nitrogens is 1. The molecule has 0 fully saturated rings. The molecule has 3 rings (SSSR count). The molecule has 0 radical (unpaired) electrons. The van der Waals surface area contributed by atoms with Crippen LogP contribution in [0.1, 0.15) is 11.1 Å². The van der Waals surface area contributed by atoms with Crippen molar-refractivity contribution in [2.24, 2.45) is 7.05 Å². The van der Waals surface area contributed by atoms with Crippen molar-refractivity contribution in [3.63, 3.8) is 0 Å². The maximum atomic E-state index is 13.3. The molecule has 0 bridgehead atoms. The molecule has 1 heterocycles. The van der Waals surface area contributed by atoms with Crippen LogP contribution in [0, 0.1) is 0 Å². The lowest BCUT2D eigenvalue weighted by atomic mass is 9.96. The first-order chi connectivity index (χ1) is 12.7. The summed E-state index contributed by atoms with van der Waals surface area (Å²) in [6, 6.07) is 10.0. The van der Waals surface area contributed by atoms with Crippen LogP contribution in [0.15, 0.2) is 53.5 Å². The normalized spacial score (nSPS) is 13.1. The Morgan fingerprint density at radius 1 is 1.15 bits per heavy atom. The van der Waals surface area contributed by atoms with E-state index in [1.165, 1.54) is 23.9 Å². The molecule has 3 aromatic rings. The highest BCUT2D eigenvalue weighted by molar-refractivity contribution is 7.77. The average molecular weight is 395 g/mol. The zero-order valence-corrected chi connectivity index (χ0v) is 14.9.